The third kappa shape index (κ3) is 5.69. The molecule has 0 spiro atoms. The van der Waals surface area contributed by atoms with Gasteiger partial charge in [-0.25, -0.2) is 0 Å². The van der Waals surface area contributed by atoms with E-state index in [1.165, 1.54) is 5.56 Å². The number of hydrogen-bond donors (Lipinski definition) is 1. The van der Waals surface area contributed by atoms with E-state index in [-0.39, 0.29) is 5.91 Å². The van der Waals surface area contributed by atoms with Crippen LogP contribution in [0.15, 0.2) is 42.5 Å². The summed E-state index contributed by atoms with van der Waals surface area (Å²) in [6, 6.07) is 13.2. The number of nitrogens with one attached hydrogen (secondary N) is 1. The molecule has 0 radical (unpaired) electrons. The molecule has 0 aliphatic carbocycles. The molecule has 1 unspecified atom stereocenters. The fourth-order valence-electron chi connectivity index (χ4n) is 2.40. The van der Waals surface area contributed by atoms with E-state index in [1.807, 2.05) is 63.2 Å². The van der Waals surface area contributed by atoms with E-state index in [9.17, 15) is 4.79 Å². The Morgan fingerprint density at radius 2 is 1.65 bits per heavy atom. The predicted molar refractivity (Wildman–Crippen MR) is 102 cm³/mol. The van der Waals surface area contributed by atoms with Crippen molar-refractivity contribution >= 4 is 5.91 Å². The summed E-state index contributed by atoms with van der Waals surface area (Å²) in [6.07, 6.45) is 0.0797. The van der Waals surface area contributed by atoms with Gasteiger partial charge < -0.3 is 19.5 Å². The minimum absolute atomic E-state index is 0.135. The first-order valence-electron chi connectivity index (χ1n) is 8.82. The number of rotatable bonds is 9. The van der Waals surface area contributed by atoms with Gasteiger partial charge in [0.1, 0.15) is 23.9 Å². The molecular formula is C21H27NO4. The highest BCUT2D eigenvalue weighted by Crippen LogP contribution is 2.19. The molecule has 140 valence electrons. The summed E-state index contributed by atoms with van der Waals surface area (Å²) in [5.74, 6) is 2.09. The molecule has 0 aliphatic heterocycles. The van der Waals surface area contributed by atoms with Crippen LogP contribution in [0.3, 0.4) is 0 Å². The summed E-state index contributed by atoms with van der Waals surface area (Å²) in [7, 11) is 1.62. The summed E-state index contributed by atoms with van der Waals surface area (Å²) < 4.78 is 16.5. The van der Waals surface area contributed by atoms with Crippen molar-refractivity contribution in [2.24, 2.45) is 0 Å². The predicted octanol–water partition coefficient (Wildman–Crippen LogP) is 3.66. The second-order valence-corrected chi connectivity index (χ2v) is 6.08. The van der Waals surface area contributed by atoms with Crippen LogP contribution in [-0.4, -0.2) is 32.3 Å². The molecule has 0 bridgehead atoms. The smallest absolute Gasteiger partial charge is 0.261 e. The lowest BCUT2D eigenvalue weighted by Crippen LogP contribution is -2.39. The molecular weight excluding hydrogens is 330 g/mol. The zero-order valence-electron chi connectivity index (χ0n) is 15.9. The van der Waals surface area contributed by atoms with Crippen LogP contribution in [0.1, 0.15) is 24.5 Å². The third-order valence-electron chi connectivity index (χ3n) is 4.15. The number of aryl methyl sites for hydroxylation is 2. The van der Waals surface area contributed by atoms with Gasteiger partial charge in [-0.2, -0.15) is 0 Å². The second-order valence-electron chi connectivity index (χ2n) is 6.08. The topological polar surface area (TPSA) is 56.8 Å². The van der Waals surface area contributed by atoms with Crippen LogP contribution < -0.4 is 19.5 Å². The normalized spacial score (nSPS) is 11.5. The molecule has 1 atom stereocenters. The number of hydrogen-bond acceptors (Lipinski definition) is 4. The Kier molecular flexibility index (Phi) is 7.33. The number of amides is 1. The van der Waals surface area contributed by atoms with E-state index in [2.05, 4.69) is 5.32 Å². The number of carbonyl (C=O) groups is 1. The van der Waals surface area contributed by atoms with Crippen LogP contribution >= 0.6 is 0 Å². The average molecular weight is 357 g/mol. The van der Waals surface area contributed by atoms with Crippen LogP contribution in [0, 0.1) is 13.8 Å². The number of methoxy groups -OCH3 is 1. The molecule has 0 aromatic heterocycles. The minimum atomic E-state index is -0.516. The molecule has 2 aromatic carbocycles. The first kappa shape index (κ1) is 19.6. The molecule has 5 nitrogen and oxygen atoms in total. The van der Waals surface area contributed by atoms with E-state index in [4.69, 9.17) is 14.2 Å². The summed E-state index contributed by atoms with van der Waals surface area (Å²) in [5, 5.41) is 2.86. The third-order valence-corrected chi connectivity index (χ3v) is 4.15. The molecule has 0 fully saturated rings. The summed E-state index contributed by atoms with van der Waals surface area (Å²) >= 11 is 0. The zero-order chi connectivity index (χ0) is 18.9. The van der Waals surface area contributed by atoms with Gasteiger partial charge in [0.15, 0.2) is 6.10 Å². The second kappa shape index (κ2) is 9.70. The summed E-state index contributed by atoms with van der Waals surface area (Å²) in [5.41, 5.74) is 2.34. The van der Waals surface area contributed by atoms with Crippen molar-refractivity contribution in [1.82, 2.24) is 5.32 Å². The van der Waals surface area contributed by atoms with Crippen molar-refractivity contribution in [2.75, 3.05) is 20.3 Å². The first-order chi connectivity index (χ1) is 12.5. The lowest BCUT2D eigenvalue weighted by Gasteiger charge is -2.18. The van der Waals surface area contributed by atoms with Gasteiger partial charge in [-0.3, -0.25) is 4.79 Å². The van der Waals surface area contributed by atoms with Crippen molar-refractivity contribution in [3.63, 3.8) is 0 Å². The Morgan fingerprint density at radius 1 is 1.00 bits per heavy atom. The van der Waals surface area contributed by atoms with Crippen molar-refractivity contribution in [3.8, 4) is 17.2 Å². The highest BCUT2D eigenvalue weighted by Gasteiger charge is 2.18. The Morgan fingerprint density at radius 3 is 2.27 bits per heavy atom. The Hall–Kier alpha value is -2.69. The van der Waals surface area contributed by atoms with Crippen LogP contribution in [0.25, 0.3) is 0 Å². The SMILES string of the molecule is CCC(Oc1ccc(C)c(C)c1)C(=O)NCCOc1ccc(OC)cc1. The molecule has 26 heavy (non-hydrogen) atoms. The Labute approximate surface area is 155 Å². The van der Waals surface area contributed by atoms with E-state index in [0.29, 0.717) is 25.3 Å². The zero-order valence-corrected chi connectivity index (χ0v) is 15.9. The van der Waals surface area contributed by atoms with Crippen molar-refractivity contribution in [2.45, 2.75) is 33.3 Å². The van der Waals surface area contributed by atoms with Gasteiger partial charge in [0.2, 0.25) is 0 Å². The molecule has 0 heterocycles. The maximum absolute atomic E-state index is 12.3. The molecule has 2 rings (SSSR count). The van der Waals surface area contributed by atoms with Crippen LogP contribution in [0.2, 0.25) is 0 Å². The van der Waals surface area contributed by atoms with Crippen molar-refractivity contribution in [3.05, 3.63) is 53.6 Å². The quantitative estimate of drug-likeness (QED) is 0.696. The van der Waals surface area contributed by atoms with Crippen LogP contribution in [-0.2, 0) is 4.79 Å². The molecule has 1 N–H and O–H groups in total. The van der Waals surface area contributed by atoms with Crippen molar-refractivity contribution < 1.29 is 19.0 Å². The fraction of sp³-hybridized carbons (Fsp3) is 0.381. The largest absolute Gasteiger partial charge is 0.497 e. The van der Waals surface area contributed by atoms with Gasteiger partial charge in [-0.15, -0.1) is 0 Å². The van der Waals surface area contributed by atoms with E-state index in [1.54, 1.807) is 7.11 Å². The van der Waals surface area contributed by atoms with Gasteiger partial charge in [0.05, 0.1) is 13.7 Å². The first-order valence-corrected chi connectivity index (χ1v) is 8.82. The maximum Gasteiger partial charge on any atom is 0.261 e. The molecule has 0 saturated carbocycles. The van der Waals surface area contributed by atoms with Crippen LogP contribution in [0.5, 0.6) is 17.2 Å². The van der Waals surface area contributed by atoms with Crippen LogP contribution in [0.4, 0.5) is 0 Å². The molecule has 1 amide bonds. The number of benzene rings is 2. The highest BCUT2D eigenvalue weighted by molar-refractivity contribution is 5.81. The fourth-order valence-corrected chi connectivity index (χ4v) is 2.40. The highest BCUT2D eigenvalue weighted by atomic mass is 16.5. The molecule has 0 saturated heterocycles. The Balaban J connectivity index is 1.78. The summed E-state index contributed by atoms with van der Waals surface area (Å²) in [6.45, 7) is 6.81. The molecule has 5 heteroatoms. The monoisotopic (exact) mass is 357 g/mol. The standard InChI is InChI=1S/C21H27NO4/c1-5-20(26-19-7-6-15(2)16(3)14-19)21(23)22-12-13-25-18-10-8-17(24-4)9-11-18/h6-11,14,20H,5,12-13H2,1-4H3,(H,22,23). The van der Waals surface area contributed by atoms with E-state index in [0.717, 1.165) is 17.1 Å². The summed E-state index contributed by atoms with van der Waals surface area (Å²) in [4.78, 5) is 12.3. The van der Waals surface area contributed by atoms with E-state index < -0.39 is 6.10 Å². The van der Waals surface area contributed by atoms with Gasteiger partial charge in [-0.1, -0.05) is 13.0 Å². The maximum atomic E-state index is 12.3. The Bertz CT molecular complexity index is 712. The number of carbonyl (C=O) groups excluding carboxylic acids is 1. The van der Waals surface area contributed by atoms with Gasteiger partial charge in [-0.05, 0) is 67.8 Å². The van der Waals surface area contributed by atoms with Gasteiger partial charge in [0, 0.05) is 0 Å². The minimum Gasteiger partial charge on any atom is -0.497 e. The van der Waals surface area contributed by atoms with Crippen molar-refractivity contribution in [1.29, 1.82) is 0 Å². The number of ether oxygens (including phenoxy) is 3. The lowest BCUT2D eigenvalue weighted by atomic mass is 10.1. The van der Waals surface area contributed by atoms with E-state index >= 15 is 0 Å². The van der Waals surface area contributed by atoms with Gasteiger partial charge in [0.25, 0.3) is 5.91 Å². The van der Waals surface area contributed by atoms with Gasteiger partial charge >= 0.3 is 0 Å². The lowest BCUT2D eigenvalue weighted by molar-refractivity contribution is -0.128. The molecule has 0 aliphatic rings. The molecule has 2 aromatic rings. The average Bonchev–Trinajstić information content (AvgIpc) is 2.66.